The maximum Gasteiger partial charge on any atom is 0.292 e. The van der Waals surface area contributed by atoms with Gasteiger partial charge in [0.25, 0.3) is 11.5 Å². The first-order chi connectivity index (χ1) is 13.6. The molecule has 4 rings (SSSR count). The highest BCUT2D eigenvalue weighted by atomic mass is 16.3. The molecule has 0 saturated carbocycles. The second-order valence-electron chi connectivity index (χ2n) is 6.06. The molecule has 0 spiro atoms. The lowest BCUT2D eigenvalue weighted by molar-refractivity contribution is 0.0950. The highest BCUT2D eigenvalue weighted by Crippen LogP contribution is 2.15. The summed E-state index contributed by atoms with van der Waals surface area (Å²) in [6.07, 6.45) is 1.53. The fourth-order valence-electron chi connectivity index (χ4n) is 2.83. The molecule has 2 aromatic heterocycles. The molecule has 2 heterocycles. The largest absolute Gasteiger partial charge is 0.463 e. The fraction of sp³-hybridized carbons (Fsp3) is 0.0476. The second kappa shape index (κ2) is 7.32. The minimum atomic E-state index is -0.521. The van der Waals surface area contributed by atoms with Gasteiger partial charge in [0, 0.05) is 5.39 Å². The third kappa shape index (κ3) is 3.21. The van der Waals surface area contributed by atoms with Crippen LogP contribution >= 0.6 is 0 Å². The van der Waals surface area contributed by atoms with Crippen molar-refractivity contribution in [2.75, 3.05) is 0 Å². The van der Waals surface area contributed by atoms with E-state index in [4.69, 9.17) is 4.42 Å². The molecule has 0 fully saturated rings. The van der Waals surface area contributed by atoms with Crippen LogP contribution in [0.5, 0.6) is 0 Å². The monoisotopic (exact) mass is 372 g/mol. The van der Waals surface area contributed by atoms with Crippen LogP contribution in [0.25, 0.3) is 16.5 Å². The molecule has 28 heavy (non-hydrogen) atoms. The molecule has 0 bridgehead atoms. The highest BCUT2D eigenvalue weighted by Gasteiger charge is 2.17. The molecule has 0 aliphatic heterocycles. The average Bonchev–Trinajstić information content (AvgIpc) is 3.28. The van der Waals surface area contributed by atoms with Crippen LogP contribution in [0.3, 0.4) is 0 Å². The summed E-state index contributed by atoms with van der Waals surface area (Å²) >= 11 is 0. The van der Waals surface area contributed by atoms with Gasteiger partial charge >= 0.3 is 0 Å². The number of hydrogen-bond donors (Lipinski definition) is 1. The van der Waals surface area contributed by atoms with Crippen LogP contribution in [0.4, 0.5) is 0 Å². The Kier molecular flexibility index (Phi) is 4.55. The molecule has 4 aromatic rings. The summed E-state index contributed by atoms with van der Waals surface area (Å²) in [5.41, 5.74) is 3.38. The summed E-state index contributed by atoms with van der Waals surface area (Å²) in [5, 5.41) is 9.24. The van der Waals surface area contributed by atoms with E-state index in [0.29, 0.717) is 27.9 Å². The van der Waals surface area contributed by atoms with E-state index in [1.165, 1.54) is 10.9 Å². The number of hydrogen-bond acceptors (Lipinski definition) is 5. The summed E-state index contributed by atoms with van der Waals surface area (Å²) < 4.78 is 6.48. The van der Waals surface area contributed by atoms with Crippen molar-refractivity contribution in [2.24, 2.45) is 5.10 Å². The minimum absolute atomic E-state index is 0.107. The molecule has 0 aliphatic rings. The number of furan rings is 1. The van der Waals surface area contributed by atoms with Gasteiger partial charge in [0.2, 0.25) is 0 Å². The molecule has 0 unspecified atom stereocenters. The quantitative estimate of drug-likeness (QED) is 0.440. The number of rotatable bonds is 4. The lowest BCUT2D eigenvalue weighted by atomic mass is 10.1. The molecular weight excluding hydrogens is 356 g/mol. The van der Waals surface area contributed by atoms with E-state index >= 15 is 0 Å². The molecule has 0 atom stereocenters. The number of nitrogens with one attached hydrogen (secondary N) is 1. The smallest absolute Gasteiger partial charge is 0.292 e. The number of carbonyl (C=O) groups excluding carboxylic acids is 1. The first kappa shape index (κ1) is 17.4. The van der Waals surface area contributed by atoms with Crippen molar-refractivity contribution in [3.63, 3.8) is 0 Å². The van der Waals surface area contributed by atoms with Gasteiger partial charge in [-0.3, -0.25) is 9.59 Å². The standard InChI is InChI=1S/C21H16N4O3/c1-14(18-12-7-13-28-18)22-23-20(26)19-16-10-5-6-11-17(16)21(27)25(24-19)15-8-3-2-4-9-15/h2-13H,1H3,(H,23,26)/b22-14-. The van der Waals surface area contributed by atoms with Gasteiger partial charge in [0.1, 0.15) is 11.5 Å². The van der Waals surface area contributed by atoms with Crippen molar-refractivity contribution in [1.82, 2.24) is 15.2 Å². The fourth-order valence-corrected chi connectivity index (χ4v) is 2.83. The van der Waals surface area contributed by atoms with E-state index in [9.17, 15) is 9.59 Å². The topological polar surface area (TPSA) is 89.5 Å². The average molecular weight is 372 g/mol. The van der Waals surface area contributed by atoms with Gasteiger partial charge in [-0.05, 0) is 37.3 Å². The first-order valence-corrected chi connectivity index (χ1v) is 8.61. The molecule has 7 heteroatoms. The Labute approximate surface area is 159 Å². The van der Waals surface area contributed by atoms with Gasteiger partial charge in [0.05, 0.1) is 17.3 Å². The van der Waals surface area contributed by atoms with Gasteiger partial charge in [-0.25, -0.2) is 5.43 Å². The van der Waals surface area contributed by atoms with Crippen LogP contribution in [0.1, 0.15) is 23.2 Å². The number of fused-ring (bicyclic) bond motifs is 1. The van der Waals surface area contributed by atoms with Crippen LogP contribution in [0.15, 0.2) is 87.3 Å². The number of benzene rings is 2. The molecular formula is C21H16N4O3. The van der Waals surface area contributed by atoms with Gasteiger partial charge in [-0.1, -0.05) is 36.4 Å². The molecule has 0 saturated heterocycles. The van der Waals surface area contributed by atoms with Crippen LogP contribution in [-0.2, 0) is 0 Å². The summed E-state index contributed by atoms with van der Waals surface area (Å²) in [5.74, 6) is 0.0270. The minimum Gasteiger partial charge on any atom is -0.463 e. The first-order valence-electron chi connectivity index (χ1n) is 8.61. The Morgan fingerprint density at radius 2 is 1.71 bits per heavy atom. The summed E-state index contributed by atoms with van der Waals surface area (Å²) in [7, 11) is 0. The molecule has 0 radical (unpaired) electrons. The van der Waals surface area contributed by atoms with Gasteiger partial charge in [-0.15, -0.1) is 0 Å². The van der Waals surface area contributed by atoms with E-state index in [1.807, 2.05) is 6.07 Å². The zero-order chi connectivity index (χ0) is 19.5. The van der Waals surface area contributed by atoms with Gasteiger partial charge < -0.3 is 4.42 Å². The normalized spacial score (nSPS) is 11.5. The Hall–Kier alpha value is -4.00. The Balaban J connectivity index is 1.80. The van der Waals surface area contributed by atoms with Crippen LogP contribution in [-0.4, -0.2) is 21.4 Å². The van der Waals surface area contributed by atoms with Crippen molar-refractivity contribution in [1.29, 1.82) is 0 Å². The molecule has 2 aromatic carbocycles. The zero-order valence-corrected chi connectivity index (χ0v) is 15.0. The van der Waals surface area contributed by atoms with Crippen molar-refractivity contribution in [3.8, 4) is 5.69 Å². The number of nitrogens with zero attached hydrogens (tertiary/aromatic N) is 3. The van der Waals surface area contributed by atoms with E-state index in [1.54, 1.807) is 67.6 Å². The van der Waals surface area contributed by atoms with Crippen molar-refractivity contribution in [3.05, 3.63) is 94.8 Å². The van der Waals surface area contributed by atoms with Crippen molar-refractivity contribution < 1.29 is 9.21 Å². The van der Waals surface area contributed by atoms with Crippen LogP contribution in [0, 0.1) is 0 Å². The van der Waals surface area contributed by atoms with Crippen LogP contribution < -0.4 is 11.0 Å². The van der Waals surface area contributed by atoms with Crippen molar-refractivity contribution >= 4 is 22.4 Å². The highest BCUT2D eigenvalue weighted by molar-refractivity contribution is 6.05. The third-order valence-electron chi connectivity index (χ3n) is 4.22. The van der Waals surface area contributed by atoms with Crippen molar-refractivity contribution in [2.45, 2.75) is 6.92 Å². The second-order valence-corrected chi connectivity index (χ2v) is 6.06. The number of para-hydroxylation sites is 1. The number of amides is 1. The summed E-state index contributed by atoms with van der Waals surface area (Å²) in [4.78, 5) is 25.7. The lowest BCUT2D eigenvalue weighted by Crippen LogP contribution is -2.28. The Morgan fingerprint density at radius 1 is 1.00 bits per heavy atom. The number of hydrazone groups is 1. The van der Waals surface area contributed by atoms with Gasteiger partial charge in [0.15, 0.2) is 5.69 Å². The van der Waals surface area contributed by atoms with Gasteiger partial charge in [-0.2, -0.15) is 14.9 Å². The maximum atomic E-state index is 12.9. The molecule has 1 amide bonds. The molecule has 1 N–H and O–H groups in total. The Morgan fingerprint density at radius 3 is 2.43 bits per heavy atom. The van der Waals surface area contributed by atoms with E-state index < -0.39 is 5.91 Å². The summed E-state index contributed by atoms with van der Waals surface area (Å²) in [6, 6.07) is 19.3. The molecule has 138 valence electrons. The predicted molar refractivity (Wildman–Crippen MR) is 106 cm³/mol. The predicted octanol–water partition coefficient (Wildman–Crippen LogP) is 3.13. The third-order valence-corrected chi connectivity index (χ3v) is 4.22. The van der Waals surface area contributed by atoms with E-state index in [2.05, 4.69) is 15.6 Å². The number of carbonyl (C=O) groups is 1. The lowest BCUT2D eigenvalue weighted by Gasteiger charge is -2.10. The molecule has 0 aliphatic carbocycles. The summed E-state index contributed by atoms with van der Waals surface area (Å²) in [6.45, 7) is 1.72. The Bertz CT molecular complexity index is 1230. The maximum absolute atomic E-state index is 12.9. The van der Waals surface area contributed by atoms with E-state index in [-0.39, 0.29) is 11.3 Å². The molecule has 7 nitrogen and oxygen atoms in total. The number of aromatic nitrogens is 2. The zero-order valence-electron chi connectivity index (χ0n) is 15.0. The SMILES string of the molecule is C/C(=N/NC(=O)c1nn(-c2ccccc2)c(=O)c2ccccc12)c1ccco1. The van der Waals surface area contributed by atoms with Crippen LogP contribution in [0.2, 0.25) is 0 Å². The van der Waals surface area contributed by atoms with E-state index in [0.717, 1.165) is 0 Å².